The van der Waals surface area contributed by atoms with Crippen LogP contribution in [0, 0.1) is 17.8 Å². The van der Waals surface area contributed by atoms with Crippen molar-refractivity contribution in [2.45, 2.75) is 64.9 Å². The molecule has 2 aliphatic rings. The van der Waals surface area contributed by atoms with Crippen LogP contribution in [-0.4, -0.2) is 35.7 Å². The number of likely N-dealkylation sites (tertiary alicyclic amines) is 1. The first-order valence-electron chi connectivity index (χ1n) is 8.09. The van der Waals surface area contributed by atoms with Crippen molar-refractivity contribution in [3.05, 3.63) is 0 Å². The number of hydrogen-bond donors (Lipinski definition) is 1. The minimum absolute atomic E-state index is 0.0338. The van der Waals surface area contributed by atoms with Gasteiger partial charge in [0.05, 0.1) is 6.10 Å². The van der Waals surface area contributed by atoms with E-state index in [9.17, 15) is 5.11 Å². The van der Waals surface area contributed by atoms with E-state index < -0.39 is 0 Å². The lowest BCUT2D eigenvalue weighted by Crippen LogP contribution is -2.39. The van der Waals surface area contributed by atoms with Crippen molar-refractivity contribution in [2.75, 3.05) is 19.6 Å². The van der Waals surface area contributed by atoms with Gasteiger partial charge in [-0.25, -0.2) is 0 Å². The molecule has 0 amide bonds. The first-order chi connectivity index (χ1) is 8.69. The summed E-state index contributed by atoms with van der Waals surface area (Å²) in [5.74, 6) is 2.30. The van der Waals surface area contributed by atoms with Crippen LogP contribution in [0.2, 0.25) is 0 Å². The number of hydrogen-bond acceptors (Lipinski definition) is 2. The lowest BCUT2D eigenvalue weighted by atomic mass is 9.78. The normalized spacial score (nSPS) is 39.5. The van der Waals surface area contributed by atoms with Crippen LogP contribution in [0.5, 0.6) is 0 Å². The topological polar surface area (TPSA) is 23.5 Å². The minimum Gasteiger partial charge on any atom is -0.393 e. The molecule has 1 aliphatic carbocycles. The number of aliphatic hydroxyl groups is 1. The van der Waals surface area contributed by atoms with Crippen LogP contribution in [0.3, 0.4) is 0 Å². The Hall–Kier alpha value is -0.0800. The molecule has 0 bridgehead atoms. The molecule has 0 aromatic carbocycles. The summed E-state index contributed by atoms with van der Waals surface area (Å²) in [5, 5.41) is 10.2. The predicted octanol–water partition coefficient (Wildman–Crippen LogP) is 3.30. The molecule has 1 saturated heterocycles. The van der Waals surface area contributed by atoms with Crippen LogP contribution < -0.4 is 0 Å². The monoisotopic (exact) mass is 253 g/mol. The Morgan fingerprint density at radius 2 is 1.94 bits per heavy atom. The van der Waals surface area contributed by atoms with Crippen molar-refractivity contribution in [1.82, 2.24) is 4.90 Å². The van der Waals surface area contributed by atoms with Gasteiger partial charge >= 0.3 is 0 Å². The maximum Gasteiger partial charge on any atom is 0.0580 e. The average molecular weight is 253 g/mol. The first-order valence-corrected chi connectivity index (χ1v) is 8.09. The number of nitrogens with zero attached hydrogens (tertiary/aromatic N) is 1. The smallest absolute Gasteiger partial charge is 0.0580 e. The second-order valence-corrected chi connectivity index (χ2v) is 6.75. The van der Waals surface area contributed by atoms with Crippen molar-refractivity contribution < 1.29 is 5.11 Å². The second kappa shape index (κ2) is 6.91. The molecule has 2 heteroatoms. The molecule has 2 rings (SSSR count). The van der Waals surface area contributed by atoms with Gasteiger partial charge in [0, 0.05) is 6.54 Å². The molecule has 2 nitrogen and oxygen atoms in total. The minimum atomic E-state index is -0.0338. The molecule has 0 spiro atoms. The van der Waals surface area contributed by atoms with Crippen molar-refractivity contribution in [3.63, 3.8) is 0 Å². The van der Waals surface area contributed by atoms with Gasteiger partial charge in [0.15, 0.2) is 0 Å². The molecule has 0 aromatic rings. The van der Waals surface area contributed by atoms with Crippen LogP contribution in [0.25, 0.3) is 0 Å². The first kappa shape index (κ1) is 14.3. The van der Waals surface area contributed by atoms with Gasteiger partial charge in [0.2, 0.25) is 0 Å². The summed E-state index contributed by atoms with van der Waals surface area (Å²) in [6.07, 6.45) is 8.87. The van der Waals surface area contributed by atoms with Crippen molar-refractivity contribution >= 4 is 0 Å². The molecule has 1 heterocycles. The van der Waals surface area contributed by atoms with Gasteiger partial charge in [-0.05, 0) is 69.4 Å². The Kier molecular flexibility index (Phi) is 5.50. The highest BCUT2D eigenvalue weighted by Crippen LogP contribution is 2.32. The van der Waals surface area contributed by atoms with Crippen LogP contribution in [0.4, 0.5) is 0 Å². The van der Waals surface area contributed by atoms with E-state index in [4.69, 9.17) is 0 Å². The lowest BCUT2D eigenvalue weighted by Gasteiger charge is -2.36. The van der Waals surface area contributed by atoms with Gasteiger partial charge in [-0.1, -0.05) is 20.3 Å². The Bertz CT molecular complexity index is 243. The zero-order chi connectivity index (χ0) is 13.0. The highest BCUT2D eigenvalue weighted by Gasteiger charge is 2.30. The molecule has 1 saturated carbocycles. The van der Waals surface area contributed by atoms with Crippen molar-refractivity contribution in [3.8, 4) is 0 Å². The summed E-state index contributed by atoms with van der Waals surface area (Å²) in [6, 6.07) is 0. The van der Waals surface area contributed by atoms with Gasteiger partial charge < -0.3 is 10.0 Å². The Morgan fingerprint density at radius 1 is 1.11 bits per heavy atom. The number of rotatable bonds is 3. The summed E-state index contributed by atoms with van der Waals surface area (Å²) < 4.78 is 0. The highest BCUT2D eigenvalue weighted by molar-refractivity contribution is 4.82. The zero-order valence-corrected chi connectivity index (χ0v) is 12.3. The van der Waals surface area contributed by atoms with E-state index in [-0.39, 0.29) is 6.10 Å². The third-order valence-corrected chi connectivity index (χ3v) is 5.23. The van der Waals surface area contributed by atoms with E-state index in [0.717, 1.165) is 24.8 Å². The largest absolute Gasteiger partial charge is 0.393 e. The fraction of sp³-hybridized carbons (Fsp3) is 1.00. The van der Waals surface area contributed by atoms with E-state index in [2.05, 4.69) is 18.7 Å². The standard InChI is InChI=1S/C16H31NO/c1-3-14-6-7-16(18)15(11-14)12-17-9-4-5-13(2)8-10-17/h13-16,18H,3-12H2,1-2H3. The maximum absolute atomic E-state index is 10.2. The summed E-state index contributed by atoms with van der Waals surface area (Å²) >= 11 is 0. The molecule has 4 atom stereocenters. The Labute approximate surface area is 113 Å². The third kappa shape index (κ3) is 3.96. The molecular weight excluding hydrogens is 222 g/mol. The van der Waals surface area contributed by atoms with E-state index in [1.54, 1.807) is 0 Å². The fourth-order valence-electron chi connectivity index (χ4n) is 3.75. The Morgan fingerprint density at radius 3 is 2.72 bits per heavy atom. The van der Waals surface area contributed by atoms with Gasteiger partial charge in [0.1, 0.15) is 0 Å². The van der Waals surface area contributed by atoms with Crippen LogP contribution in [0.15, 0.2) is 0 Å². The summed E-state index contributed by atoms with van der Waals surface area (Å²) in [6.45, 7) is 8.33. The van der Waals surface area contributed by atoms with Gasteiger partial charge in [-0.15, -0.1) is 0 Å². The zero-order valence-electron chi connectivity index (χ0n) is 12.3. The van der Waals surface area contributed by atoms with Gasteiger partial charge in [-0.2, -0.15) is 0 Å². The van der Waals surface area contributed by atoms with E-state index in [1.807, 2.05) is 0 Å². The number of aliphatic hydroxyl groups excluding tert-OH is 1. The Balaban J connectivity index is 1.83. The molecule has 2 fully saturated rings. The summed E-state index contributed by atoms with van der Waals surface area (Å²) in [4.78, 5) is 2.62. The SMILES string of the molecule is CCC1CCC(O)C(CN2CCCC(C)CC2)C1. The predicted molar refractivity (Wildman–Crippen MR) is 76.6 cm³/mol. The quantitative estimate of drug-likeness (QED) is 0.834. The molecule has 0 radical (unpaired) electrons. The van der Waals surface area contributed by atoms with Crippen LogP contribution >= 0.6 is 0 Å². The van der Waals surface area contributed by atoms with E-state index in [0.29, 0.717) is 5.92 Å². The summed E-state index contributed by atoms with van der Waals surface area (Å²) in [5.41, 5.74) is 0. The van der Waals surface area contributed by atoms with E-state index in [1.165, 1.54) is 51.6 Å². The third-order valence-electron chi connectivity index (χ3n) is 5.23. The molecule has 18 heavy (non-hydrogen) atoms. The van der Waals surface area contributed by atoms with Gasteiger partial charge in [-0.3, -0.25) is 0 Å². The van der Waals surface area contributed by atoms with Crippen LogP contribution in [0.1, 0.15) is 58.8 Å². The van der Waals surface area contributed by atoms with Gasteiger partial charge in [0.25, 0.3) is 0 Å². The summed E-state index contributed by atoms with van der Waals surface area (Å²) in [7, 11) is 0. The van der Waals surface area contributed by atoms with Crippen molar-refractivity contribution in [1.29, 1.82) is 0 Å². The molecular formula is C16H31NO. The second-order valence-electron chi connectivity index (χ2n) is 6.75. The van der Waals surface area contributed by atoms with E-state index >= 15 is 0 Å². The molecule has 1 N–H and O–H groups in total. The fourth-order valence-corrected chi connectivity index (χ4v) is 3.75. The molecule has 1 aliphatic heterocycles. The van der Waals surface area contributed by atoms with Crippen LogP contribution in [-0.2, 0) is 0 Å². The maximum atomic E-state index is 10.2. The van der Waals surface area contributed by atoms with Crippen molar-refractivity contribution in [2.24, 2.45) is 17.8 Å². The molecule has 106 valence electrons. The molecule has 4 unspecified atom stereocenters. The average Bonchev–Trinajstić information content (AvgIpc) is 2.57. The lowest BCUT2D eigenvalue weighted by molar-refractivity contribution is 0.0271. The highest BCUT2D eigenvalue weighted by atomic mass is 16.3. The molecule has 0 aromatic heterocycles.